The molecule has 5 heteroatoms. The lowest BCUT2D eigenvalue weighted by molar-refractivity contribution is -0.123. The van der Waals surface area contributed by atoms with Gasteiger partial charge in [0, 0.05) is 0 Å². The minimum absolute atomic E-state index is 0.00621. The fraction of sp³-hybridized carbons (Fsp3) is 0.333. The number of hydrogen-bond acceptors (Lipinski definition) is 3. The molecule has 1 aliphatic rings. The van der Waals surface area contributed by atoms with E-state index >= 15 is 0 Å². The number of amides is 2. The van der Waals surface area contributed by atoms with Crippen molar-refractivity contribution in [3.8, 4) is 0 Å². The Kier molecular flexibility index (Phi) is 5.89. The van der Waals surface area contributed by atoms with E-state index in [1.165, 1.54) is 0 Å². The third kappa shape index (κ3) is 5.09. The van der Waals surface area contributed by atoms with E-state index in [1.807, 2.05) is 60.7 Å². The summed E-state index contributed by atoms with van der Waals surface area (Å²) in [4.78, 5) is 24.4. The van der Waals surface area contributed by atoms with Crippen LogP contribution in [0.1, 0.15) is 36.9 Å². The van der Waals surface area contributed by atoms with Crippen LogP contribution < -0.4 is 10.6 Å². The van der Waals surface area contributed by atoms with E-state index < -0.39 is 12.1 Å². The van der Waals surface area contributed by atoms with Crippen molar-refractivity contribution in [2.45, 2.75) is 38.5 Å². The van der Waals surface area contributed by atoms with Crippen molar-refractivity contribution >= 4 is 12.0 Å². The van der Waals surface area contributed by atoms with Gasteiger partial charge in [0.05, 0.1) is 6.04 Å². The van der Waals surface area contributed by atoms with Crippen molar-refractivity contribution in [2.24, 2.45) is 5.92 Å². The SMILES string of the molecule is C[C@H](NC(=O)OCc1ccccc1)C(=O)N[C@@H](c1ccccc1)C1CC1. The summed E-state index contributed by atoms with van der Waals surface area (Å²) in [5, 5.41) is 5.66. The average molecular weight is 352 g/mol. The Morgan fingerprint density at radius 2 is 1.62 bits per heavy atom. The third-order valence-electron chi connectivity index (χ3n) is 4.49. The standard InChI is InChI=1S/C21H24N2O3/c1-15(22-21(25)26-14-16-8-4-2-5-9-16)20(24)23-19(18-12-13-18)17-10-6-3-7-11-17/h2-11,15,18-19H,12-14H2,1H3,(H,22,25)(H,23,24)/t15-,19-/m0/s1. The number of rotatable bonds is 7. The number of benzene rings is 2. The molecule has 0 bridgehead atoms. The molecule has 5 nitrogen and oxygen atoms in total. The van der Waals surface area contributed by atoms with Crippen LogP contribution in [-0.2, 0) is 16.1 Å². The highest BCUT2D eigenvalue weighted by molar-refractivity contribution is 5.85. The molecule has 2 aromatic rings. The van der Waals surface area contributed by atoms with Crippen molar-refractivity contribution in [3.05, 3.63) is 71.8 Å². The van der Waals surface area contributed by atoms with Crippen molar-refractivity contribution in [1.29, 1.82) is 0 Å². The van der Waals surface area contributed by atoms with Crippen LogP contribution >= 0.6 is 0 Å². The first-order valence-electron chi connectivity index (χ1n) is 8.96. The topological polar surface area (TPSA) is 67.4 Å². The van der Waals surface area contributed by atoms with Crippen LogP contribution in [-0.4, -0.2) is 18.0 Å². The summed E-state index contributed by atoms with van der Waals surface area (Å²) in [6.07, 6.45) is 1.63. The number of carbonyl (C=O) groups is 2. The molecule has 0 aliphatic heterocycles. The summed E-state index contributed by atoms with van der Waals surface area (Å²) in [5.74, 6) is 0.265. The Bertz CT molecular complexity index is 729. The summed E-state index contributed by atoms with van der Waals surface area (Å²) in [7, 11) is 0. The van der Waals surface area contributed by atoms with Gasteiger partial charge in [-0.15, -0.1) is 0 Å². The number of carbonyl (C=O) groups excluding carboxylic acids is 2. The molecule has 26 heavy (non-hydrogen) atoms. The van der Waals surface area contributed by atoms with E-state index in [1.54, 1.807) is 6.92 Å². The first kappa shape index (κ1) is 18.0. The van der Waals surface area contributed by atoms with Crippen LogP contribution in [0.4, 0.5) is 4.79 Å². The molecule has 2 amide bonds. The summed E-state index contributed by atoms with van der Waals surface area (Å²) < 4.78 is 5.17. The van der Waals surface area contributed by atoms with Crippen LogP contribution in [0.5, 0.6) is 0 Å². The monoisotopic (exact) mass is 352 g/mol. The quantitative estimate of drug-likeness (QED) is 0.800. The van der Waals surface area contributed by atoms with Crippen molar-refractivity contribution in [1.82, 2.24) is 10.6 Å². The van der Waals surface area contributed by atoms with E-state index in [4.69, 9.17) is 4.74 Å². The van der Waals surface area contributed by atoms with Gasteiger partial charge in [-0.05, 0) is 36.8 Å². The minimum Gasteiger partial charge on any atom is -0.445 e. The Hall–Kier alpha value is -2.82. The van der Waals surface area contributed by atoms with Crippen LogP contribution in [0, 0.1) is 5.92 Å². The average Bonchev–Trinajstić information content (AvgIpc) is 3.51. The van der Waals surface area contributed by atoms with Crippen molar-refractivity contribution < 1.29 is 14.3 Å². The van der Waals surface area contributed by atoms with E-state index in [9.17, 15) is 9.59 Å². The second-order valence-corrected chi connectivity index (χ2v) is 6.66. The Balaban J connectivity index is 1.49. The highest BCUT2D eigenvalue weighted by atomic mass is 16.5. The molecule has 2 aromatic carbocycles. The van der Waals surface area contributed by atoms with Gasteiger partial charge < -0.3 is 15.4 Å². The van der Waals surface area contributed by atoms with E-state index in [0.717, 1.165) is 24.0 Å². The van der Waals surface area contributed by atoms with Gasteiger partial charge in [-0.3, -0.25) is 4.79 Å². The molecular formula is C21H24N2O3. The number of hydrogen-bond donors (Lipinski definition) is 2. The summed E-state index contributed by atoms with van der Waals surface area (Å²) >= 11 is 0. The van der Waals surface area contributed by atoms with E-state index in [0.29, 0.717) is 5.92 Å². The van der Waals surface area contributed by atoms with Gasteiger partial charge in [-0.1, -0.05) is 60.7 Å². The maximum Gasteiger partial charge on any atom is 0.408 e. The normalized spacial score (nSPS) is 15.6. The molecule has 0 unspecified atom stereocenters. The zero-order valence-corrected chi connectivity index (χ0v) is 14.9. The first-order chi connectivity index (χ1) is 12.6. The number of ether oxygens (including phenoxy) is 1. The molecule has 0 spiro atoms. The molecule has 1 saturated carbocycles. The lowest BCUT2D eigenvalue weighted by Crippen LogP contribution is -2.46. The lowest BCUT2D eigenvalue weighted by atomic mass is 10.0. The highest BCUT2D eigenvalue weighted by Gasteiger charge is 2.34. The Morgan fingerprint density at radius 3 is 2.23 bits per heavy atom. The number of nitrogens with one attached hydrogen (secondary N) is 2. The Morgan fingerprint density at radius 1 is 1.00 bits per heavy atom. The van der Waals surface area contributed by atoms with Gasteiger partial charge in [0.15, 0.2) is 0 Å². The smallest absolute Gasteiger partial charge is 0.408 e. The van der Waals surface area contributed by atoms with Crippen LogP contribution in [0.2, 0.25) is 0 Å². The minimum atomic E-state index is -0.664. The lowest BCUT2D eigenvalue weighted by Gasteiger charge is -2.21. The predicted molar refractivity (Wildman–Crippen MR) is 99.3 cm³/mol. The van der Waals surface area contributed by atoms with Crippen molar-refractivity contribution in [2.75, 3.05) is 0 Å². The first-order valence-corrected chi connectivity index (χ1v) is 8.96. The maximum atomic E-state index is 12.5. The van der Waals surface area contributed by atoms with Gasteiger partial charge in [0.25, 0.3) is 0 Å². The second kappa shape index (κ2) is 8.52. The molecular weight excluding hydrogens is 328 g/mol. The van der Waals surface area contributed by atoms with Gasteiger partial charge in [-0.25, -0.2) is 4.79 Å². The molecule has 136 valence electrons. The summed E-state index contributed by atoms with van der Waals surface area (Å²) in [6.45, 7) is 1.84. The van der Waals surface area contributed by atoms with Gasteiger partial charge in [0.1, 0.15) is 12.6 Å². The second-order valence-electron chi connectivity index (χ2n) is 6.66. The molecule has 2 atom stereocenters. The maximum absolute atomic E-state index is 12.5. The van der Waals surface area contributed by atoms with Gasteiger partial charge in [-0.2, -0.15) is 0 Å². The van der Waals surface area contributed by atoms with Gasteiger partial charge >= 0.3 is 6.09 Å². The van der Waals surface area contributed by atoms with Crippen molar-refractivity contribution in [3.63, 3.8) is 0 Å². The molecule has 0 heterocycles. The summed E-state index contributed by atoms with van der Waals surface area (Å²) in [6, 6.07) is 18.7. The van der Waals surface area contributed by atoms with E-state index in [-0.39, 0.29) is 18.6 Å². The molecule has 1 aliphatic carbocycles. The van der Waals surface area contributed by atoms with E-state index in [2.05, 4.69) is 10.6 Å². The zero-order chi connectivity index (χ0) is 18.4. The zero-order valence-electron chi connectivity index (χ0n) is 14.9. The van der Waals surface area contributed by atoms with Crippen LogP contribution in [0.3, 0.4) is 0 Å². The molecule has 0 saturated heterocycles. The number of alkyl carbamates (subject to hydrolysis) is 1. The van der Waals surface area contributed by atoms with Gasteiger partial charge in [0.2, 0.25) is 5.91 Å². The summed E-state index contributed by atoms with van der Waals surface area (Å²) in [5.41, 5.74) is 2.00. The molecule has 0 radical (unpaired) electrons. The fourth-order valence-electron chi connectivity index (χ4n) is 2.85. The predicted octanol–water partition coefficient (Wildman–Crippen LogP) is 3.57. The molecule has 2 N–H and O–H groups in total. The largest absolute Gasteiger partial charge is 0.445 e. The molecule has 0 aromatic heterocycles. The Labute approximate surface area is 153 Å². The third-order valence-corrected chi connectivity index (χ3v) is 4.49. The molecule has 1 fully saturated rings. The molecule has 3 rings (SSSR count). The van der Waals surface area contributed by atoms with Crippen LogP contribution in [0.15, 0.2) is 60.7 Å². The highest BCUT2D eigenvalue weighted by Crippen LogP contribution is 2.40. The fourth-order valence-corrected chi connectivity index (χ4v) is 2.85. The van der Waals surface area contributed by atoms with Crippen LogP contribution in [0.25, 0.3) is 0 Å².